The number of anilines is 1. The number of hydrogen-bond donors (Lipinski definition) is 4. The number of ether oxygens (including phenoxy) is 1. The maximum absolute atomic E-state index is 11.7. The minimum absolute atomic E-state index is 0.0646. The van der Waals surface area contributed by atoms with Crippen LogP contribution in [0.2, 0.25) is 0 Å². The van der Waals surface area contributed by atoms with Gasteiger partial charge in [-0.15, -0.1) is 0 Å². The van der Waals surface area contributed by atoms with E-state index in [0.717, 1.165) is 13.3 Å². The van der Waals surface area contributed by atoms with Crippen LogP contribution >= 0.6 is 0 Å². The van der Waals surface area contributed by atoms with Crippen LogP contribution in [0.15, 0.2) is 24.3 Å². The number of carbonyl (C=O) groups excluding carboxylic acids is 1. The minimum Gasteiger partial charge on any atom is -0.491 e. The summed E-state index contributed by atoms with van der Waals surface area (Å²) in [6.45, 7) is 4.66. The predicted octanol–water partition coefficient (Wildman–Crippen LogP) is 1.82. The highest BCUT2D eigenvalue weighted by molar-refractivity contribution is 5.90. The lowest BCUT2D eigenvalue weighted by molar-refractivity contribution is -0.155. The van der Waals surface area contributed by atoms with Crippen LogP contribution in [-0.2, 0) is 4.79 Å². The van der Waals surface area contributed by atoms with Crippen LogP contribution in [0.1, 0.15) is 27.2 Å². The van der Waals surface area contributed by atoms with Gasteiger partial charge >= 0.3 is 12.0 Å². The minimum atomic E-state index is -2.02. The third-order valence-corrected chi connectivity index (χ3v) is 3.06. The molecule has 0 saturated heterocycles. The maximum Gasteiger partial charge on any atom is 0.337 e. The fourth-order valence-electron chi connectivity index (χ4n) is 1.47. The van der Waals surface area contributed by atoms with Gasteiger partial charge in [0.15, 0.2) is 5.60 Å². The molecule has 122 valence electrons. The summed E-state index contributed by atoms with van der Waals surface area (Å²) < 4.78 is 5.64. The summed E-state index contributed by atoms with van der Waals surface area (Å²) in [5.41, 5.74) is -1.51. The van der Waals surface area contributed by atoms with Gasteiger partial charge in [0.2, 0.25) is 0 Å². The average Bonchev–Trinajstić information content (AvgIpc) is 2.45. The van der Waals surface area contributed by atoms with Crippen molar-refractivity contribution in [2.24, 2.45) is 0 Å². The zero-order valence-electron chi connectivity index (χ0n) is 12.9. The highest BCUT2D eigenvalue weighted by atomic mass is 16.5. The van der Waals surface area contributed by atoms with Crippen molar-refractivity contribution in [3.8, 4) is 5.75 Å². The Morgan fingerprint density at radius 1 is 1.41 bits per heavy atom. The van der Waals surface area contributed by atoms with E-state index >= 15 is 0 Å². The Balaban J connectivity index is 2.58. The molecule has 0 bridgehead atoms. The van der Waals surface area contributed by atoms with E-state index in [-0.39, 0.29) is 6.10 Å². The monoisotopic (exact) mass is 310 g/mol. The SMILES string of the molecule is CCC(C)Oc1cccc(NC(=O)NCC(C)(O)C(=O)O)c1. The maximum atomic E-state index is 11.7. The number of benzene rings is 1. The molecular formula is C15H22N2O5. The van der Waals surface area contributed by atoms with Gasteiger partial charge in [0.25, 0.3) is 0 Å². The topological polar surface area (TPSA) is 108 Å². The number of aliphatic hydroxyl groups is 1. The highest BCUT2D eigenvalue weighted by Gasteiger charge is 2.30. The molecule has 1 rings (SSSR count). The molecule has 0 fully saturated rings. The molecule has 0 aliphatic carbocycles. The van der Waals surface area contributed by atoms with Crippen molar-refractivity contribution < 1.29 is 24.5 Å². The molecule has 0 aliphatic rings. The van der Waals surface area contributed by atoms with Gasteiger partial charge in [0.1, 0.15) is 5.75 Å². The second kappa shape index (κ2) is 7.65. The van der Waals surface area contributed by atoms with Crippen molar-refractivity contribution in [1.82, 2.24) is 5.32 Å². The molecule has 22 heavy (non-hydrogen) atoms. The quantitative estimate of drug-likeness (QED) is 0.614. The van der Waals surface area contributed by atoms with Gasteiger partial charge in [-0.3, -0.25) is 0 Å². The number of carboxylic acids is 1. The molecule has 1 aromatic rings. The van der Waals surface area contributed by atoms with Crippen LogP contribution in [0.5, 0.6) is 5.75 Å². The second-order valence-corrected chi connectivity index (χ2v) is 5.25. The van der Waals surface area contributed by atoms with Crippen LogP contribution in [0.3, 0.4) is 0 Å². The van der Waals surface area contributed by atoms with Crippen LogP contribution in [0.4, 0.5) is 10.5 Å². The van der Waals surface area contributed by atoms with Crippen LogP contribution in [0, 0.1) is 0 Å². The van der Waals surface area contributed by atoms with E-state index in [1.807, 2.05) is 13.8 Å². The molecule has 2 atom stereocenters. The van der Waals surface area contributed by atoms with E-state index in [1.165, 1.54) is 0 Å². The molecule has 7 nitrogen and oxygen atoms in total. The Morgan fingerprint density at radius 3 is 2.68 bits per heavy atom. The lowest BCUT2D eigenvalue weighted by Crippen LogP contribution is -2.47. The van der Waals surface area contributed by atoms with E-state index in [2.05, 4.69) is 10.6 Å². The summed E-state index contributed by atoms with van der Waals surface area (Å²) in [5.74, 6) is -0.776. The Labute approximate surface area is 129 Å². The number of hydrogen-bond acceptors (Lipinski definition) is 4. The number of amides is 2. The summed E-state index contributed by atoms with van der Waals surface area (Å²) in [5, 5.41) is 23.1. The Bertz CT molecular complexity index is 530. The number of nitrogens with one attached hydrogen (secondary N) is 2. The second-order valence-electron chi connectivity index (χ2n) is 5.25. The molecule has 0 heterocycles. The van der Waals surface area contributed by atoms with Gasteiger partial charge in [0.05, 0.1) is 12.6 Å². The number of carboxylic acid groups (broad SMARTS) is 1. The van der Waals surface area contributed by atoms with Gasteiger partial charge in [-0.2, -0.15) is 0 Å². The van der Waals surface area contributed by atoms with Crippen molar-refractivity contribution in [2.75, 3.05) is 11.9 Å². The fourth-order valence-corrected chi connectivity index (χ4v) is 1.47. The molecule has 0 aromatic heterocycles. The molecule has 2 amide bonds. The Morgan fingerprint density at radius 2 is 2.09 bits per heavy atom. The normalized spacial score (nSPS) is 14.5. The van der Waals surface area contributed by atoms with Gasteiger partial charge in [-0.1, -0.05) is 13.0 Å². The average molecular weight is 310 g/mol. The van der Waals surface area contributed by atoms with Crippen molar-refractivity contribution >= 4 is 17.7 Å². The van der Waals surface area contributed by atoms with Gasteiger partial charge in [-0.25, -0.2) is 9.59 Å². The summed E-state index contributed by atoms with van der Waals surface area (Å²) >= 11 is 0. The summed E-state index contributed by atoms with van der Waals surface area (Å²) in [6, 6.07) is 6.26. The van der Waals surface area contributed by atoms with Crippen LogP contribution in [-0.4, -0.2) is 40.5 Å². The third kappa shape index (κ3) is 5.61. The molecule has 2 unspecified atom stereocenters. The molecule has 7 heteroatoms. The van der Waals surface area contributed by atoms with Crippen molar-refractivity contribution in [2.45, 2.75) is 38.9 Å². The zero-order chi connectivity index (χ0) is 16.8. The fraction of sp³-hybridized carbons (Fsp3) is 0.467. The summed E-state index contributed by atoms with van der Waals surface area (Å²) in [6.07, 6.45) is 0.928. The summed E-state index contributed by atoms with van der Waals surface area (Å²) in [4.78, 5) is 22.4. The van der Waals surface area contributed by atoms with Crippen molar-refractivity contribution in [3.63, 3.8) is 0 Å². The largest absolute Gasteiger partial charge is 0.491 e. The van der Waals surface area contributed by atoms with E-state index < -0.39 is 24.1 Å². The first-order valence-corrected chi connectivity index (χ1v) is 7.02. The third-order valence-electron chi connectivity index (χ3n) is 3.06. The number of aliphatic carboxylic acids is 1. The van der Waals surface area contributed by atoms with Crippen molar-refractivity contribution in [1.29, 1.82) is 0 Å². The molecule has 0 spiro atoms. The first kappa shape index (κ1) is 17.8. The van der Waals surface area contributed by atoms with Gasteiger partial charge in [0, 0.05) is 11.8 Å². The molecular weight excluding hydrogens is 288 g/mol. The Hall–Kier alpha value is -2.28. The van der Waals surface area contributed by atoms with Crippen LogP contribution in [0.25, 0.3) is 0 Å². The smallest absolute Gasteiger partial charge is 0.337 e. The number of urea groups is 1. The van der Waals surface area contributed by atoms with E-state index in [0.29, 0.717) is 11.4 Å². The standard InChI is InChI=1S/C15H22N2O5/c1-4-10(2)22-12-7-5-6-11(8-12)17-14(20)16-9-15(3,21)13(18)19/h5-8,10,21H,4,9H2,1-3H3,(H,18,19)(H2,16,17,20). The number of rotatable bonds is 7. The van der Waals surface area contributed by atoms with Crippen molar-refractivity contribution in [3.05, 3.63) is 24.3 Å². The summed E-state index contributed by atoms with van der Waals surface area (Å²) in [7, 11) is 0. The molecule has 0 radical (unpaired) electrons. The van der Waals surface area contributed by atoms with Gasteiger partial charge < -0.3 is 25.6 Å². The van der Waals surface area contributed by atoms with E-state index in [4.69, 9.17) is 9.84 Å². The molecule has 0 saturated carbocycles. The predicted molar refractivity (Wildman–Crippen MR) is 82.1 cm³/mol. The number of carbonyl (C=O) groups is 2. The first-order valence-electron chi connectivity index (χ1n) is 7.02. The van der Waals surface area contributed by atoms with Gasteiger partial charge in [-0.05, 0) is 32.4 Å². The highest BCUT2D eigenvalue weighted by Crippen LogP contribution is 2.19. The Kier molecular flexibility index (Phi) is 6.18. The first-order chi connectivity index (χ1) is 10.2. The molecule has 4 N–H and O–H groups in total. The van der Waals surface area contributed by atoms with E-state index in [9.17, 15) is 14.7 Å². The molecule has 1 aromatic carbocycles. The lowest BCUT2D eigenvalue weighted by atomic mass is 10.1. The zero-order valence-corrected chi connectivity index (χ0v) is 12.9. The van der Waals surface area contributed by atoms with Crippen LogP contribution < -0.4 is 15.4 Å². The lowest BCUT2D eigenvalue weighted by Gasteiger charge is -2.18. The van der Waals surface area contributed by atoms with E-state index in [1.54, 1.807) is 24.3 Å². The molecule has 0 aliphatic heterocycles.